The maximum absolute atomic E-state index is 13.3. The van der Waals surface area contributed by atoms with E-state index < -0.39 is 11.6 Å². The number of benzene rings is 2. The van der Waals surface area contributed by atoms with Crippen molar-refractivity contribution in [1.82, 2.24) is 14.9 Å². The zero-order chi connectivity index (χ0) is 16.5. The van der Waals surface area contributed by atoms with Crippen LogP contribution in [0.5, 0.6) is 0 Å². The third kappa shape index (κ3) is 3.17. The highest BCUT2D eigenvalue weighted by atomic mass is 19.1. The first-order valence-corrected chi connectivity index (χ1v) is 8.29. The van der Waals surface area contributed by atoms with Crippen molar-refractivity contribution < 1.29 is 8.78 Å². The molecule has 2 aromatic carbocycles. The minimum atomic E-state index is -0.512. The Balaban J connectivity index is 1.41. The zero-order valence-electron chi connectivity index (χ0n) is 13.3. The maximum Gasteiger partial charge on any atom is 0.126 e. The van der Waals surface area contributed by atoms with Crippen molar-refractivity contribution in [2.45, 2.75) is 25.3 Å². The molecule has 1 saturated heterocycles. The molecule has 2 heterocycles. The predicted molar refractivity (Wildman–Crippen MR) is 89.7 cm³/mol. The molecule has 3 aromatic rings. The predicted octanol–water partition coefficient (Wildman–Crippen LogP) is 4.22. The normalized spacial score (nSPS) is 16.8. The minimum absolute atomic E-state index is 0.415. The summed E-state index contributed by atoms with van der Waals surface area (Å²) in [7, 11) is 0. The Kier molecular flexibility index (Phi) is 4.02. The minimum Gasteiger partial charge on any atom is -0.342 e. The van der Waals surface area contributed by atoms with E-state index in [2.05, 4.69) is 9.88 Å². The molecule has 1 fully saturated rings. The fraction of sp³-hybridized carbons (Fsp3) is 0.316. The van der Waals surface area contributed by atoms with Crippen molar-refractivity contribution in [3.8, 4) is 0 Å². The second-order valence-corrected chi connectivity index (χ2v) is 6.47. The first kappa shape index (κ1) is 15.3. The van der Waals surface area contributed by atoms with Crippen LogP contribution in [0.2, 0.25) is 0 Å². The molecule has 5 heteroatoms. The average molecular weight is 327 g/mol. The number of hydrogen-bond donors (Lipinski definition) is 1. The number of imidazole rings is 1. The number of halogens is 2. The Morgan fingerprint density at radius 3 is 2.46 bits per heavy atom. The number of hydrogen-bond acceptors (Lipinski definition) is 2. The highest BCUT2D eigenvalue weighted by Crippen LogP contribution is 2.28. The molecular weight excluding hydrogens is 308 g/mol. The molecular formula is C19H19F2N3. The first-order valence-electron chi connectivity index (χ1n) is 8.29. The van der Waals surface area contributed by atoms with Crippen molar-refractivity contribution in [1.29, 1.82) is 0 Å². The molecule has 0 atom stereocenters. The summed E-state index contributed by atoms with van der Waals surface area (Å²) in [6.45, 7) is 2.39. The number of nitrogens with one attached hydrogen (secondary N) is 1. The van der Waals surface area contributed by atoms with Crippen LogP contribution in [0.1, 0.15) is 30.1 Å². The molecule has 0 unspecified atom stereocenters. The van der Waals surface area contributed by atoms with Crippen LogP contribution in [0.15, 0.2) is 42.5 Å². The van der Waals surface area contributed by atoms with Gasteiger partial charge in [-0.25, -0.2) is 13.8 Å². The maximum atomic E-state index is 13.3. The Morgan fingerprint density at radius 1 is 1.04 bits per heavy atom. The monoisotopic (exact) mass is 327 g/mol. The van der Waals surface area contributed by atoms with Crippen molar-refractivity contribution >= 4 is 11.0 Å². The summed E-state index contributed by atoms with van der Waals surface area (Å²) in [4.78, 5) is 10.4. The lowest BCUT2D eigenvalue weighted by molar-refractivity contribution is 0.202. The molecule has 0 bridgehead atoms. The fourth-order valence-corrected chi connectivity index (χ4v) is 3.49. The number of piperidine rings is 1. The molecule has 0 aliphatic carbocycles. The SMILES string of the molecule is Fc1cc(F)cc(CN2CCC(c3nc4ccccc4[nH]3)CC2)c1. The van der Waals surface area contributed by atoms with Gasteiger partial charge in [0.25, 0.3) is 0 Å². The number of aromatic nitrogens is 2. The summed E-state index contributed by atoms with van der Waals surface area (Å²) in [5.74, 6) is 0.440. The molecule has 1 N–H and O–H groups in total. The van der Waals surface area contributed by atoms with Crippen molar-refractivity contribution in [3.63, 3.8) is 0 Å². The van der Waals surface area contributed by atoms with E-state index in [4.69, 9.17) is 4.98 Å². The average Bonchev–Trinajstić information content (AvgIpc) is 2.98. The van der Waals surface area contributed by atoms with Gasteiger partial charge < -0.3 is 4.98 Å². The second-order valence-electron chi connectivity index (χ2n) is 6.47. The molecule has 124 valence electrons. The number of rotatable bonds is 3. The van der Waals surface area contributed by atoms with Crippen LogP contribution in [-0.4, -0.2) is 28.0 Å². The van der Waals surface area contributed by atoms with Gasteiger partial charge in [0, 0.05) is 18.5 Å². The second kappa shape index (κ2) is 6.32. The van der Waals surface area contributed by atoms with E-state index in [0.29, 0.717) is 18.0 Å². The summed E-state index contributed by atoms with van der Waals surface area (Å²) in [6, 6.07) is 11.8. The van der Waals surface area contributed by atoms with Gasteiger partial charge in [-0.15, -0.1) is 0 Å². The lowest BCUT2D eigenvalue weighted by Gasteiger charge is -2.31. The zero-order valence-corrected chi connectivity index (χ0v) is 13.3. The van der Waals surface area contributed by atoms with Crippen LogP contribution >= 0.6 is 0 Å². The highest BCUT2D eigenvalue weighted by Gasteiger charge is 2.23. The summed E-state index contributed by atoms with van der Waals surface area (Å²) in [6.07, 6.45) is 2.00. The van der Waals surface area contributed by atoms with Gasteiger partial charge >= 0.3 is 0 Å². The van der Waals surface area contributed by atoms with Gasteiger partial charge in [0.05, 0.1) is 11.0 Å². The molecule has 24 heavy (non-hydrogen) atoms. The van der Waals surface area contributed by atoms with Gasteiger partial charge in [-0.05, 0) is 55.8 Å². The largest absolute Gasteiger partial charge is 0.342 e. The van der Waals surface area contributed by atoms with E-state index in [1.807, 2.05) is 24.3 Å². The summed E-state index contributed by atoms with van der Waals surface area (Å²) in [5, 5.41) is 0. The molecule has 1 aromatic heterocycles. The van der Waals surface area contributed by atoms with Gasteiger partial charge in [0.15, 0.2) is 0 Å². The topological polar surface area (TPSA) is 31.9 Å². The van der Waals surface area contributed by atoms with Crippen LogP contribution in [-0.2, 0) is 6.54 Å². The van der Waals surface area contributed by atoms with Crippen molar-refractivity contribution in [2.75, 3.05) is 13.1 Å². The van der Waals surface area contributed by atoms with Crippen LogP contribution < -0.4 is 0 Å². The summed E-state index contributed by atoms with van der Waals surface area (Å²) in [5.41, 5.74) is 2.77. The van der Waals surface area contributed by atoms with Crippen molar-refractivity contribution in [3.05, 3.63) is 65.5 Å². The number of nitrogens with zero attached hydrogens (tertiary/aromatic N) is 2. The number of H-pyrrole nitrogens is 1. The van der Waals surface area contributed by atoms with E-state index in [-0.39, 0.29) is 0 Å². The van der Waals surface area contributed by atoms with Crippen LogP contribution in [0.25, 0.3) is 11.0 Å². The molecule has 0 spiro atoms. The number of likely N-dealkylation sites (tertiary alicyclic amines) is 1. The third-order valence-corrected chi connectivity index (χ3v) is 4.71. The van der Waals surface area contributed by atoms with E-state index in [9.17, 15) is 8.78 Å². The standard InChI is InChI=1S/C19H19F2N3/c20-15-9-13(10-16(21)11-15)12-24-7-5-14(6-8-24)19-22-17-3-1-2-4-18(17)23-19/h1-4,9-11,14H,5-8,12H2,(H,22,23). The van der Waals surface area contributed by atoms with Crippen LogP contribution in [0, 0.1) is 11.6 Å². The van der Waals surface area contributed by atoms with Crippen molar-refractivity contribution in [2.24, 2.45) is 0 Å². The lowest BCUT2D eigenvalue weighted by Crippen LogP contribution is -2.32. The molecule has 1 aliphatic rings. The van der Waals surface area contributed by atoms with E-state index in [1.165, 1.54) is 12.1 Å². The molecule has 0 radical (unpaired) electrons. The van der Waals surface area contributed by atoms with E-state index >= 15 is 0 Å². The van der Waals surface area contributed by atoms with Crippen LogP contribution in [0.3, 0.4) is 0 Å². The first-order chi connectivity index (χ1) is 11.7. The van der Waals surface area contributed by atoms with Gasteiger partial charge in [0.1, 0.15) is 17.5 Å². The highest BCUT2D eigenvalue weighted by molar-refractivity contribution is 5.74. The lowest BCUT2D eigenvalue weighted by atomic mass is 9.96. The molecule has 0 amide bonds. The Hall–Kier alpha value is -2.27. The third-order valence-electron chi connectivity index (χ3n) is 4.71. The molecule has 4 rings (SSSR count). The van der Waals surface area contributed by atoms with E-state index in [0.717, 1.165) is 48.9 Å². The van der Waals surface area contributed by atoms with Gasteiger partial charge in [-0.2, -0.15) is 0 Å². The molecule has 0 saturated carbocycles. The van der Waals surface area contributed by atoms with Gasteiger partial charge in [0.2, 0.25) is 0 Å². The molecule has 3 nitrogen and oxygen atoms in total. The Bertz CT molecular complexity index is 797. The smallest absolute Gasteiger partial charge is 0.126 e. The van der Waals surface area contributed by atoms with Crippen LogP contribution in [0.4, 0.5) is 8.78 Å². The van der Waals surface area contributed by atoms with E-state index in [1.54, 1.807) is 0 Å². The Morgan fingerprint density at radius 2 is 1.75 bits per heavy atom. The summed E-state index contributed by atoms with van der Waals surface area (Å²) < 4.78 is 26.6. The fourth-order valence-electron chi connectivity index (χ4n) is 3.49. The number of aromatic amines is 1. The Labute approximate surface area is 139 Å². The molecule has 1 aliphatic heterocycles. The quantitative estimate of drug-likeness (QED) is 0.781. The van der Waals surface area contributed by atoms with Gasteiger partial charge in [-0.1, -0.05) is 12.1 Å². The summed E-state index contributed by atoms with van der Waals surface area (Å²) >= 11 is 0. The van der Waals surface area contributed by atoms with Gasteiger partial charge in [-0.3, -0.25) is 4.90 Å². The number of fused-ring (bicyclic) bond motifs is 1. The number of para-hydroxylation sites is 2.